The number of halogens is 1. The summed E-state index contributed by atoms with van der Waals surface area (Å²) in [5, 5.41) is 6.44. The number of nitrogens with one attached hydrogen (secondary N) is 1. The highest BCUT2D eigenvalue weighted by Gasteiger charge is 2.18. The number of nitrogens with zero attached hydrogens (tertiary/aromatic N) is 3. The maximum Gasteiger partial charge on any atom is 0.269 e. The van der Waals surface area contributed by atoms with E-state index in [0.717, 1.165) is 37.3 Å². The van der Waals surface area contributed by atoms with Gasteiger partial charge >= 0.3 is 0 Å². The number of aromatic nitrogens is 2. The molecule has 122 valence electrons. The minimum Gasteiger partial charge on any atom is -0.304 e. The van der Waals surface area contributed by atoms with Crippen LogP contribution in [0.25, 0.3) is 11.1 Å². The van der Waals surface area contributed by atoms with E-state index in [1.165, 1.54) is 6.07 Å². The van der Waals surface area contributed by atoms with Crippen molar-refractivity contribution in [2.75, 3.05) is 33.2 Å². The smallest absolute Gasteiger partial charge is 0.269 e. The normalized spacial score (nSPS) is 16.7. The predicted molar refractivity (Wildman–Crippen MR) is 87.8 cm³/mol. The Morgan fingerprint density at radius 2 is 2.00 bits per heavy atom. The van der Waals surface area contributed by atoms with Gasteiger partial charge in [-0.1, -0.05) is 6.07 Å². The fourth-order valence-corrected chi connectivity index (χ4v) is 2.87. The monoisotopic (exact) mass is 316 g/mol. The molecule has 0 spiro atoms. The highest BCUT2D eigenvalue weighted by Crippen LogP contribution is 2.24. The first-order valence-corrected chi connectivity index (χ1v) is 7.78. The molecule has 0 aliphatic carbocycles. The first kappa shape index (κ1) is 15.8. The summed E-state index contributed by atoms with van der Waals surface area (Å²) < 4.78 is 13.5. The molecule has 23 heavy (non-hydrogen) atoms. The second-order valence-electron chi connectivity index (χ2n) is 6.13. The zero-order valence-electron chi connectivity index (χ0n) is 13.5. The lowest BCUT2D eigenvalue weighted by Crippen LogP contribution is -2.44. The fraction of sp³-hybridized carbons (Fsp3) is 0.412. The van der Waals surface area contributed by atoms with E-state index in [-0.39, 0.29) is 11.4 Å². The lowest BCUT2D eigenvalue weighted by atomic mass is 10.0. The Hall–Kier alpha value is -2.05. The van der Waals surface area contributed by atoms with Crippen molar-refractivity contribution in [2.45, 2.75) is 13.5 Å². The van der Waals surface area contributed by atoms with E-state index in [0.29, 0.717) is 17.7 Å². The number of hydrogen-bond donors (Lipinski definition) is 1. The van der Waals surface area contributed by atoms with Crippen LogP contribution in [0, 0.1) is 12.7 Å². The molecule has 0 bridgehead atoms. The Morgan fingerprint density at radius 3 is 2.70 bits per heavy atom. The summed E-state index contributed by atoms with van der Waals surface area (Å²) in [5.74, 6) is -0.243. The number of hydrogen-bond acceptors (Lipinski definition) is 4. The van der Waals surface area contributed by atoms with E-state index in [1.807, 2.05) is 0 Å². The van der Waals surface area contributed by atoms with E-state index in [1.54, 1.807) is 25.3 Å². The van der Waals surface area contributed by atoms with Crippen molar-refractivity contribution in [3.63, 3.8) is 0 Å². The summed E-state index contributed by atoms with van der Waals surface area (Å²) in [6, 6.07) is 4.90. The van der Waals surface area contributed by atoms with Gasteiger partial charge in [-0.05, 0) is 37.2 Å². The number of aromatic amines is 1. The van der Waals surface area contributed by atoms with Crippen LogP contribution in [-0.2, 0) is 6.54 Å². The van der Waals surface area contributed by atoms with E-state index in [2.05, 4.69) is 27.0 Å². The van der Waals surface area contributed by atoms with Crippen LogP contribution in [0.3, 0.4) is 0 Å². The Balaban J connectivity index is 1.93. The molecular weight excluding hydrogens is 295 g/mol. The van der Waals surface area contributed by atoms with Crippen LogP contribution < -0.4 is 5.56 Å². The Morgan fingerprint density at radius 1 is 1.26 bits per heavy atom. The van der Waals surface area contributed by atoms with Crippen LogP contribution in [0.15, 0.2) is 29.2 Å². The van der Waals surface area contributed by atoms with Crippen LogP contribution in [0.5, 0.6) is 0 Å². The summed E-state index contributed by atoms with van der Waals surface area (Å²) in [5.41, 5.74) is 2.68. The van der Waals surface area contributed by atoms with Gasteiger partial charge in [0.05, 0.1) is 6.20 Å². The topological polar surface area (TPSA) is 52.2 Å². The number of H-pyrrole nitrogens is 1. The molecule has 1 aromatic heterocycles. The molecule has 1 aliphatic heterocycles. The van der Waals surface area contributed by atoms with Crippen molar-refractivity contribution in [3.8, 4) is 11.1 Å². The van der Waals surface area contributed by atoms with Gasteiger partial charge in [-0.25, -0.2) is 9.49 Å². The third-order valence-electron chi connectivity index (χ3n) is 4.41. The molecule has 1 aromatic carbocycles. The van der Waals surface area contributed by atoms with Gasteiger partial charge in [0.2, 0.25) is 0 Å². The van der Waals surface area contributed by atoms with Gasteiger partial charge in [0.15, 0.2) is 0 Å². The molecule has 0 saturated carbocycles. The van der Waals surface area contributed by atoms with Crippen molar-refractivity contribution >= 4 is 0 Å². The second-order valence-corrected chi connectivity index (χ2v) is 6.13. The van der Waals surface area contributed by atoms with Crippen molar-refractivity contribution in [1.29, 1.82) is 0 Å². The fourth-order valence-electron chi connectivity index (χ4n) is 2.87. The van der Waals surface area contributed by atoms with E-state index < -0.39 is 0 Å². The summed E-state index contributed by atoms with van der Waals surface area (Å²) >= 11 is 0. The van der Waals surface area contributed by atoms with Crippen LogP contribution in [0.2, 0.25) is 0 Å². The third-order valence-corrected chi connectivity index (χ3v) is 4.41. The standard InChI is InChI=1S/C17H21FN4O/c1-12-9-13(3-4-16(12)18)14-10-19-20-17(23)15(14)11-22-7-5-21(2)6-8-22/h3-4,9-10H,5-8,11H2,1-2H3,(H,20,23). The van der Waals surface area contributed by atoms with E-state index in [4.69, 9.17) is 0 Å². The lowest BCUT2D eigenvalue weighted by molar-refractivity contribution is 0.148. The van der Waals surface area contributed by atoms with E-state index in [9.17, 15) is 9.18 Å². The molecule has 0 radical (unpaired) electrons. The first-order valence-electron chi connectivity index (χ1n) is 7.78. The molecule has 6 heteroatoms. The summed E-state index contributed by atoms with van der Waals surface area (Å²) in [7, 11) is 2.10. The SMILES string of the molecule is Cc1cc(-c2cn[nH]c(=O)c2CN2CCN(C)CC2)ccc1F. The van der Waals surface area contributed by atoms with Crippen LogP contribution in [0.1, 0.15) is 11.1 Å². The molecule has 0 atom stereocenters. The second kappa shape index (κ2) is 6.60. The van der Waals surface area contributed by atoms with Crippen molar-refractivity contribution in [1.82, 2.24) is 20.0 Å². The van der Waals surface area contributed by atoms with Gasteiger partial charge < -0.3 is 4.90 Å². The molecule has 1 N–H and O–H groups in total. The third kappa shape index (κ3) is 3.48. The molecule has 1 fully saturated rings. The Bertz CT molecular complexity index is 750. The molecule has 1 saturated heterocycles. The quantitative estimate of drug-likeness (QED) is 0.935. The van der Waals surface area contributed by atoms with Crippen molar-refractivity contribution < 1.29 is 4.39 Å². The maximum absolute atomic E-state index is 13.5. The van der Waals surface area contributed by atoms with Gasteiger partial charge in [0, 0.05) is 43.9 Å². The first-order chi connectivity index (χ1) is 11.0. The minimum atomic E-state index is -0.243. The lowest BCUT2D eigenvalue weighted by Gasteiger charge is -2.32. The zero-order valence-corrected chi connectivity index (χ0v) is 13.5. The molecular formula is C17H21FN4O. The van der Waals surface area contributed by atoms with Crippen molar-refractivity contribution in [2.24, 2.45) is 0 Å². The molecule has 2 heterocycles. The van der Waals surface area contributed by atoms with Crippen LogP contribution in [0.4, 0.5) is 4.39 Å². The Kier molecular flexibility index (Phi) is 4.54. The molecule has 1 aliphatic rings. The molecule has 2 aromatic rings. The predicted octanol–water partition coefficient (Wildman–Crippen LogP) is 1.63. The Labute approximate surface area is 134 Å². The van der Waals surface area contributed by atoms with Crippen LogP contribution in [-0.4, -0.2) is 53.2 Å². The number of benzene rings is 1. The van der Waals surface area contributed by atoms with Gasteiger partial charge in [0.1, 0.15) is 5.82 Å². The van der Waals surface area contributed by atoms with Crippen LogP contribution >= 0.6 is 0 Å². The minimum absolute atomic E-state index is 0.177. The van der Waals surface area contributed by atoms with Gasteiger partial charge in [-0.3, -0.25) is 9.69 Å². The summed E-state index contributed by atoms with van der Waals surface area (Å²) in [4.78, 5) is 16.8. The number of rotatable bonds is 3. The highest BCUT2D eigenvalue weighted by molar-refractivity contribution is 5.66. The number of likely N-dealkylation sites (N-methyl/N-ethyl adjacent to an activating group) is 1. The largest absolute Gasteiger partial charge is 0.304 e. The summed E-state index contributed by atoms with van der Waals surface area (Å²) in [6.45, 7) is 6.15. The van der Waals surface area contributed by atoms with Gasteiger partial charge in [-0.2, -0.15) is 5.10 Å². The average Bonchev–Trinajstić information content (AvgIpc) is 2.54. The number of piperazine rings is 1. The highest BCUT2D eigenvalue weighted by atomic mass is 19.1. The zero-order chi connectivity index (χ0) is 16.4. The van der Waals surface area contributed by atoms with Gasteiger partial charge in [-0.15, -0.1) is 0 Å². The molecule has 0 unspecified atom stereocenters. The number of aryl methyl sites for hydroxylation is 1. The average molecular weight is 316 g/mol. The van der Waals surface area contributed by atoms with Gasteiger partial charge in [0.25, 0.3) is 5.56 Å². The molecule has 5 nitrogen and oxygen atoms in total. The molecule has 0 amide bonds. The van der Waals surface area contributed by atoms with Crippen molar-refractivity contribution in [3.05, 3.63) is 51.7 Å². The van der Waals surface area contributed by atoms with E-state index >= 15 is 0 Å². The maximum atomic E-state index is 13.5. The summed E-state index contributed by atoms with van der Waals surface area (Å²) in [6.07, 6.45) is 1.65. The molecule has 3 rings (SSSR count).